The van der Waals surface area contributed by atoms with Crippen molar-refractivity contribution in [1.82, 2.24) is 0 Å². The minimum Gasteiger partial charge on any atom is -0.507 e. The van der Waals surface area contributed by atoms with E-state index in [1.54, 1.807) is 13.8 Å². The Morgan fingerprint density at radius 2 is 1.45 bits per heavy atom. The van der Waals surface area contributed by atoms with Crippen molar-refractivity contribution in [3.05, 3.63) is 21.6 Å². The second-order valence-electron chi connectivity index (χ2n) is 4.77. The van der Waals surface area contributed by atoms with E-state index in [2.05, 4.69) is 5.18 Å². The van der Waals surface area contributed by atoms with Crippen LogP contribution in [0.4, 0.5) is 0 Å². The highest BCUT2D eigenvalue weighted by atomic mass is 16.3. The van der Waals surface area contributed by atoms with E-state index in [9.17, 15) is 29.8 Å². The van der Waals surface area contributed by atoms with Crippen LogP contribution in [0, 0.1) is 10.8 Å². The van der Waals surface area contributed by atoms with Gasteiger partial charge in [0.25, 0.3) is 0 Å². The highest BCUT2D eigenvalue weighted by Gasteiger charge is 2.29. The number of phenols is 3. The molecule has 0 saturated carbocycles. The molecule has 7 nitrogen and oxygen atoms in total. The van der Waals surface area contributed by atoms with Crippen LogP contribution in [0.15, 0.2) is 5.18 Å². The van der Waals surface area contributed by atoms with Crippen LogP contribution in [0.25, 0.3) is 0 Å². The van der Waals surface area contributed by atoms with E-state index < -0.39 is 34.4 Å². The van der Waals surface area contributed by atoms with Crippen molar-refractivity contribution in [2.75, 3.05) is 0 Å². The fraction of sp³-hybridized carbons (Fsp3) is 0.385. The van der Waals surface area contributed by atoms with Crippen molar-refractivity contribution in [2.24, 2.45) is 11.1 Å². The van der Waals surface area contributed by atoms with Crippen molar-refractivity contribution in [1.29, 1.82) is 0 Å². The van der Waals surface area contributed by atoms with Crippen molar-refractivity contribution in [3.8, 4) is 17.2 Å². The molecule has 20 heavy (non-hydrogen) atoms. The van der Waals surface area contributed by atoms with Crippen LogP contribution in [-0.4, -0.2) is 27.9 Å². The molecule has 1 aromatic carbocycles. The molecule has 1 rings (SSSR count). The number of benzene rings is 1. The van der Waals surface area contributed by atoms with Crippen LogP contribution in [0.2, 0.25) is 0 Å². The van der Waals surface area contributed by atoms with Crippen molar-refractivity contribution in [3.63, 3.8) is 0 Å². The van der Waals surface area contributed by atoms with E-state index in [1.807, 2.05) is 0 Å². The first-order chi connectivity index (χ1) is 9.38. The lowest BCUT2D eigenvalue weighted by molar-refractivity contribution is 0.111. The fourth-order valence-corrected chi connectivity index (χ4v) is 1.97. The SMILES string of the molecule is CC(C)CC(N=O)c1c(O)c(C=O)c(O)c(C=O)c1O. The van der Waals surface area contributed by atoms with E-state index in [0.717, 1.165) is 0 Å². The summed E-state index contributed by atoms with van der Waals surface area (Å²) in [6, 6.07) is -1.13. The number of rotatable bonds is 6. The van der Waals surface area contributed by atoms with Gasteiger partial charge in [-0.3, -0.25) is 9.59 Å². The van der Waals surface area contributed by atoms with E-state index in [1.165, 1.54) is 0 Å². The highest BCUT2D eigenvalue weighted by Crippen LogP contribution is 2.45. The van der Waals surface area contributed by atoms with Gasteiger partial charge in [0.15, 0.2) is 12.6 Å². The number of nitrogens with zero attached hydrogens (tertiary/aromatic N) is 1. The van der Waals surface area contributed by atoms with Crippen LogP contribution in [-0.2, 0) is 0 Å². The molecule has 0 aliphatic carbocycles. The molecule has 1 unspecified atom stereocenters. The lowest BCUT2D eigenvalue weighted by atomic mass is 9.92. The van der Waals surface area contributed by atoms with Gasteiger partial charge in [0.1, 0.15) is 23.3 Å². The molecule has 0 aliphatic rings. The van der Waals surface area contributed by atoms with E-state index >= 15 is 0 Å². The standard InChI is InChI=1S/C13H15NO6/c1-6(2)3-9(14-20)10-12(18)7(4-15)11(17)8(5-16)13(10)19/h4-6,9,17-19H,3H2,1-2H3. The molecule has 3 N–H and O–H groups in total. The average molecular weight is 281 g/mol. The summed E-state index contributed by atoms with van der Waals surface area (Å²) in [6.07, 6.45) is 0.474. The zero-order valence-corrected chi connectivity index (χ0v) is 11.0. The monoisotopic (exact) mass is 281 g/mol. The number of phenolic OH excluding ortho intramolecular Hbond substituents is 3. The molecule has 0 heterocycles. The normalized spacial score (nSPS) is 12.2. The van der Waals surface area contributed by atoms with Gasteiger partial charge in [-0.1, -0.05) is 19.0 Å². The molecule has 108 valence electrons. The number of aldehydes is 2. The molecule has 0 spiro atoms. The zero-order valence-electron chi connectivity index (χ0n) is 11.0. The number of carbonyl (C=O) groups is 2. The number of aromatic hydroxyl groups is 3. The summed E-state index contributed by atoms with van der Waals surface area (Å²) in [4.78, 5) is 32.7. The second kappa shape index (κ2) is 6.14. The van der Waals surface area contributed by atoms with Gasteiger partial charge in [0.05, 0.1) is 16.7 Å². The maximum absolute atomic E-state index is 10.9. The van der Waals surface area contributed by atoms with Gasteiger partial charge < -0.3 is 15.3 Å². The van der Waals surface area contributed by atoms with Crippen molar-refractivity contribution < 1.29 is 24.9 Å². The molecule has 0 saturated heterocycles. The van der Waals surface area contributed by atoms with Gasteiger partial charge in [-0.05, 0) is 12.3 Å². The Bertz CT molecular complexity index is 517. The van der Waals surface area contributed by atoms with Gasteiger partial charge in [0, 0.05) is 0 Å². The third kappa shape index (κ3) is 2.61. The first kappa shape index (κ1) is 15.6. The predicted molar refractivity (Wildman–Crippen MR) is 70.2 cm³/mol. The van der Waals surface area contributed by atoms with Crippen LogP contribution >= 0.6 is 0 Å². The van der Waals surface area contributed by atoms with Crippen LogP contribution in [0.5, 0.6) is 17.2 Å². The Kier molecular flexibility index (Phi) is 4.79. The quantitative estimate of drug-likeness (QED) is 0.542. The first-order valence-corrected chi connectivity index (χ1v) is 5.92. The lowest BCUT2D eigenvalue weighted by Gasteiger charge is -2.18. The Morgan fingerprint density at radius 3 is 1.75 bits per heavy atom. The van der Waals surface area contributed by atoms with Gasteiger partial charge in [-0.15, -0.1) is 0 Å². The van der Waals surface area contributed by atoms with Gasteiger partial charge in [-0.25, -0.2) is 0 Å². The molecule has 0 bridgehead atoms. The topological polar surface area (TPSA) is 124 Å². The number of hydrogen-bond acceptors (Lipinski definition) is 7. The summed E-state index contributed by atoms with van der Waals surface area (Å²) in [5.41, 5.74) is -1.44. The van der Waals surface area contributed by atoms with Gasteiger partial charge in [-0.2, -0.15) is 4.91 Å². The Morgan fingerprint density at radius 1 is 1.00 bits per heavy atom. The smallest absolute Gasteiger partial charge is 0.157 e. The summed E-state index contributed by atoms with van der Waals surface area (Å²) in [5, 5.41) is 32.3. The number of hydrogen-bond donors (Lipinski definition) is 3. The van der Waals surface area contributed by atoms with Crippen molar-refractivity contribution >= 4 is 12.6 Å². The minimum atomic E-state index is -1.13. The number of nitroso groups, excluding NO2 is 1. The Balaban J connectivity index is 3.64. The molecule has 1 aromatic rings. The van der Waals surface area contributed by atoms with Gasteiger partial charge >= 0.3 is 0 Å². The molecular formula is C13H15NO6. The number of carbonyl (C=O) groups excluding carboxylic acids is 2. The average Bonchev–Trinajstić information content (AvgIpc) is 2.38. The molecule has 0 fully saturated rings. The molecule has 0 radical (unpaired) electrons. The molecule has 0 aromatic heterocycles. The summed E-state index contributed by atoms with van der Waals surface area (Å²) < 4.78 is 0. The van der Waals surface area contributed by atoms with Crippen LogP contribution in [0.1, 0.15) is 52.6 Å². The first-order valence-electron chi connectivity index (χ1n) is 5.92. The molecule has 7 heteroatoms. The second-order valence-corrected chi connectivity index (χ2v) is 4.77. The van der Waals surface area contributed by atoms with Crippen LogP contribution < -0.4 is 0 Å². The van der Waals surface area contributed by atoms with Crippen molar-refractivity contribution in [2.45, 2.75) is 26.3 Å². The third-order valence-electron chi connectivity index (χ3n) is 2.92. The van der Waals surface area contributed by atoms with E-state index in [4.69, 9.17) is 0 Å². The third-order valence-corrected chi connectivity index (χ3v) is 2.92. The predicted octanol–water partition coefficient (Wildman–Crippen LogP) is 2.28. The summed E-state index contributed by atoms with van der Waals surface area (Å²) in [5.74, 6) is -2.30. The fourth-order valence-electron chi connectivity index (χ4n) is 1.97. The van der Waals surface area contributed by atoms with Gasteiger partial charge in [0.2, 0.25) is 0 Å². The van der Waals surface area contributed by atoms with E-state index in [-0.39, 0.29) is 30.5 Å². The summed E-state index contributed by atoms with van der Waals surface area (Å²) in [6.45, 7) is 3.60. The molecule has 0 aliphatic heterocycles. The Hall–Kier alpha value is -2.44. The highest BCUT2D eigenvalue weighted by molar-refractivity contribution is 5.94. The maximum atomic E-state index is 10.9. The zero-order chi connectivity index (χ0) is 15.4. The molecule has 0 amide bonds. The minimum absolute atomic E-state index is 0.0182. The molecular weight excluding hydrogens is 266 g/mol. The summed E-state index contributed by atoms with van der Waals surface area (Å²) >= 11 is 0. The summed E-state index contributed by atoms with van der Waals surface area (Å²) in [7, 11) is 0. The largest absolute Gasteiger partial charge is 0.507 e. The maximum Gasteiger partial charge on any atom is 0.157 e. The molecule has 1 atom stereocenters. The lowest BCUT2D eigenvalue weighted by Crippen LogP contribution is -2.04. The van der Waals surface area contributed by atoms with Crippen LogP contribution in [0.3, 0.4) is 0 Å². The van der Waals surface area contributed by atoms with E-state index in [0.29, 0.717) is 0 Å². The Labute approximate surface area is 114 Å².